The molecule has 0 saturated carbocycles. The Labute approximate surface area is 129 Å². The van der Waals surface area contributed by atoms with Gasteiger partial charge in [-0.2, -0.15) is 0 Å². The second kappa shape index (κ2) is 11.9. The van der Waals surface area contributed by atoms with Crippen molar-refractivity contribution in [3.63, 3.8) is 0 Å². The van der Waals surface area contributed by atoms with Gasteiger partial charge in [-0.1, -0.05) is 75.8 Å². The number of halogens is 1. The van der Waals surface area contributed by atoms with Gasteiger partial charge in [0.25, 0.3) is 0 Å². The minimum Gasteiger partial charge on any atom is -0.318 e. The largest absolute Gasteiger partial charge is 0.318 e. The Bertz CT molecular complexity index is 353. The summed E-state index contributed by atoms with van der Waals surface area (Å²) >= 11 is 0. The molecule has 0 radical (unpaired) electrons. The molecule has 0 saturated heterocycles. The van der Waals surface area contributed by atoms with Crippen molar-refractivity contribution in [1.82, 2.24) is 0 Å². The fourth-order valence-electron chi connectivity index (χ4n) is 2.26. The lowest BCUT2D eigenvalue weighted by Gasteiger charge is -2.10. The summed E-state index contributed by atoms with van der Waals surface area (Å²) in [4.78, 5) is 12.0. The lowest BCUT2D eigenvalue weighted by molar-refractivity contribution is -0.120. The number of hydrogen-bond acceptors (Lipinski definition) is 2. The maximum Gasteiger partial charge on any atom is 0.154 e. The first-order chi connectivity index (χ1) is 9.25. The third-order valence-corrected chi connectivity index (χ3v) is 3.53. The molecular weight excluding hydrogens is 270 g/mol. The van der Waals surface area contributed by atoms with E-state index in [0.29, 0.717) is 6.42 Å². The van der Waals surface area contributed by atoms with Crippen molar-refractivity contribution in [3.8, 4) is 0 Å². The average molecular weight is 298 g/mol. The third-order valence-electron chi connectivity index (χ3n) is 3.53. The van der Waals surface area contributed by atoms with Crippen molar-refractivity contribution < 1.29 is 4.79 Å². The highest BCUT2D eigenvalue weighted by Gasteiger charge is 2.14. The lowest BCUT2D eigenvalue weighted by atomic mass is 9.99. The fourth-order valence-corrected chi connectivity index (χ4v) is 2.26. The number of benzene rings is 1. The summed E-state index contributed by atoms with van der Waals surface area (Å²) in [5, 5.41) is 0. The number of carbonyl (C=O) groups excluding carboxylic acids is 1. The van der Waals surface area contributed by atoms with Gasteiger partial charge in [-0.05, 0) is 12.0 Å². The minimum absolute atomic E-state index is 0. The Morgan fingerprint density at radius 2 is 1.55 bits per heavy atom. The third kappa shape index (κ3) is 7.66. The van der Waals surface area contributed by atoms with E-state index in [9.17, 15) is 4.79 Å². The van der Waals surface area contributed by atoms with E-state index >= 15 is 0 Å². The first-order valence-electron chi connectivity index (χ1n) is 7.59. The molecule has 0 heterocycles. The Morgan fingerprint density at radius 3 is 2.15 bits per heavy atom. The van der Waals surface area contributed by atoms with Crippen molar-refractivity contribution in [2.75, 3.05) is 0 Å². The van der Waals surface area contributed by atoms with Gasteiger partial charge in [0.2, 0.25) is 0 Å². The molecule has 1 atom stereocenters. The number of Topliss-reactive ketones (excluding diaryl/α,β-unsaturated/α-hetero) is 1. The Balaban J connectivity index is 0.00000361. The van der Waals surface area contributed by atoms with Crippen LogP contribution in [0.25, 0.3) is 0 Å². The van der Waals surface area contributed by atoms with E-state index in [2.05, 4.69) is 6.92 Å². The zero-order chi connectivity index (χ0) is 13.9. The smallest absolute Gasteiger partial charge is 0.154 e. The first-order valence-corrected chi connectivity index (χ1v) is 7.59. The lowest BCUT2D eigenvalue weighted by Crippen LogP contribution is -2.21. The van der Waals surface area contributed by atoms with Crippen LogP contribution in [0, 0.1) is 0 Å². The van der Waals surface area contributed by atoms with Crippen LogP contribution in [0.1, 0.15) is 69.9 Å². The van der Waals surface area contributed by atoms with Crippen molar-refractivity contribution >= 4 is 18.2 Å². The summed E-state index contributed by atoms with van der Waals surface area (Å²) in [6, 6.07) is 9.20. The van der Waals surface area contributed by atoms with Crippen LogP contribution in [0.2, 0.25) is 0 Å². The van der Waals surface area contributed by atoms with E-state index in [1.165, 1.54) is 32.1 Å². The van der Waals surface area contributed by atoms with Crippen LogP contribution in [-0.2, 0) is 4.79 Å². The molecule has 1 aromatic carbocycles. The molecule has 20 heavy (non-hydrogen) atoms. The first kappa shape index (κ1) is 19.1. The van der Waals surface area contributed by atoms with Gasteiger partial charge in [-0.3, -0.25) is 4.79 Å². The van der Waals surface area contributed by atoms with Gasteiger partial charge in [0, 0.05) is 6.42 Å². The van der Waals surface area contributed by atoms with Crippen molar-refractivity contribution in [2.45, 2.75) is 64.3 Å². The summed E-state index contributed by atoms with van der Waals surface area (Å²) in [6.07, 6.45) is 9.23. The number of ketones is 1. The zero-order valence-electron chi connectivity index (χ0n) is 12.5. The predicted octanol–water partition coefficient (Wildman–Crippen LogP) is 4.82. The van der Waals surface area contributed by atoms with Crippen molar-refractivity contribution in [1.29, 1.82) is 0 Å². The van der Waals surface area contributed by atoms with Crippen molar-refractivity contribution in [3.05, 3.63) is 35.9 Å². The van der Waals surface area contributed by atoms with Crippen molar-refractivity contribution in [2.24, 2.45) is 5.73 Å². The van der Waals surface area contributed by atoms with Crippen LogP contribution in [-0.4, -0.2) is 5.78 Å². The van der Waals surface area contributed by atoms with Gasteiger partial charge in [-0.15, -0.1) is 12.4 Å². The van der Waals surface area contributed by atoms with E-state index in [-0.39, 0.29) is 18.2 Å². The number of rotatable bonds is 10. The molecular formula is C17H28ClNO. The Morgan fingerprint density at radius 1 is 1.00 bits per heavy atom. The van der Waals surface area contributed by atoms with Gasteiger partial charge in [-0.25, -0.2) is 0 Å². The summed E-state index contributed by atoms with van der Waals surface area (Å²) in [5.74, 6) is 0.166. The molecule has 1 aromatic rings. The summed E-state index contributed by atoms with van der Waals surface area (Å²) in [7, 11) is 0. The molecule has 0 aromatic heterocycles. The molecule has 2 nitrogen and oxygen atoms in total. The van der Waals surface area contributed by atoms with Crippen LogP contribution in [0.5, 0.6) is 0 Å². The molecule has 0 amide bonds. The number of nitrogens with two attached hydrogens (primary N) is 1. The standard InChI is InChI=1S/C17H27NO.ClH/c1-2-3-4-5-6-7-11-14-16(19)17(18)15-12-9-8-10-13-15;/h8-10,12-13,17H,2-7,11,14,18H2,1H3;1H. The second-order valence-corrected chi connectivity index (χ2v) is 5.23. The number of hydrogen-bond donors (Lipinski definition) is 1. The highest BCUT2D eigenvalue weighted by molar-refractivity contribution is 5.85. The molecule has 0 fully saturated rings. The Hall–Kier alpha value is -0.860. The SMILES string of the molecule is CCCCCCCCCC(=O)C(N)c1ccccc1.Cl. The van der Waals surface area contributed by atoms with Gasteiger partial charge < -0.3 is 5.73 Å². The molecule has 1 rings (SSSR count). The maximum absolute atomic E-state index is 12.0. The molecule has 0 aliphatic carbocycles. The number of unbranched alkanes of at least 4 members (excludes halogenated alkanes) is 6. The predicted molar refractivity (Wildman–Crippen MR) is 88.2 cm³/mol. The van der Waals surface area contributed by atoms with Crippen LogP contribution in [0.15, 0.2) is 30.3 Å². The monoisotopic (exact) mass is 297 g/mol. The van der Waals surface area contributed by atoms with Crippen LogP contribution in [0.3, 0.4) is 0 Å². The molecule has 0 spiro atoms. The Kier molecular flexibility index (Phi) is 11.4. The van der Waals surface area contributed by atoms with Crippen LogP contribution < -0.4 is 5.73 Å². The van der Waals surface area contributed by atoms with E-state index in [4.69, 9.17) is 5.73 Å². The van der Waals surface area contributed by atoms with E-state index in [1.54, 1.807) is 0 Å². The molecule has 1 unspecified atom stereocenters. The number of carbonyl (C=O) groups is 1. The normalized spacial score (nSPS) is 11.7. The molecule has 3 heteroatoms. The summed E-state index contributed by atoms with van der Waals surface area (Å²) in [5.41, 5.74) is 6.90. The van der Waals surface area contributed by atoms with Gasteiger partial charge >= 0.3 is 0 Å². The summed E-state index contributed by atoms with van der Waals surface area (Å²) < 4.78 is 0. The molecule has 2 N–H and O–H groups in total. The molecule has 0 bridgehead atoms. The maximum atomic E-state index is 12.0. The zero-order valence-corrected chi connectivity index (χ0v) is 13.3. The van der Waals surface area contributed by atoms with Gasteiger partial charge in [0.15, 0.2) is 5.78 Å². The fraction of sp³-hybridized carbons (Fsp3) is 0.588. The van der Waals surface area contributed by atoms with Crippen LogP contribution >= 0.6 is 12.4 Å². The van der Waals surface area contributed by atoms with Gasteiger partial charge in [0.1, 0.15) is 0 Å². The average Bonchev–Trinajstić information content (AvgIpc) is 2.46. The highest BCUT2D eigenvalue weighted by Crippen LogP contribution is 2.15. The van der Waals surface area contributed by atoms with E-state index in [1.807, 2.05) is 30.3 Å². The van der Waals surface area contributed by atoms with Crippen LogP contribution in [0.4, 0.5) is 0 Å². The summed E-state index contributed by atoms with van der Waals surface area (Å²) in [6.45, 7) is 2.23. The van der Waals surface area contributed by atoms with E-state index < -0.39 is 6.04 Å². The molecule has 0 aliphatic rings. The minimum atomic E-state index is -0.443. The topological polar surface area (TPSA) is 43.1 Å². The quantitative estimate of drug-likeness (QED) is 0.629. The molecule has 114 valence electrons. The molecule has 0 aliphatic heterocycles. The van der Waals surface area contributed by atoms with E-state index in [0.717, 1.165) is 18.4 Å². The van der Waals surface area contributed by atoms with Gasteiger partial charge in [0.05, 0.1) is 6.04 Å². The highest BCUT2D eigenvalue weighted by atomic mass is 35.5. The second-order valence-electron chi connectivity index (χ2n) is 5.23.